The lowest BCUT2D eigenvalue weighted by atomic mass is 9.70. The Balaban J connectivity index is 2.21. The number of aromatic hydroxyl groups is 1. The van der Waals surface area contributed by atoms with Crippen molar-refractivity contribution in [3.63, 3.8) is 0 Å². The van der Waals surface area contributed by atoms with Crippen molar-refractivity contribution in [3.8, 4) is 5.75 Å². The lowest BCUT2D eigenvalue weighted by Crippen LogP contribution is -2.25. The molecule has 2 rings (SSSR count). The smallest absolute Gasteiger partial charge is 0.119 e. The molecular weight excluding hydrogens is 167 g/mol. The molecule has 70 valence electrons. The standard InChI is InChI=1S/C11H13FO/c12-7-8-5-6-9(8)10-3-1-2-4-11(10)13/h1-4,8-9,13H,5-7H2. The van der Waals surface area contributed by atoms with Gasteiger partial charge in [0, 0.05) is 0 Å². The van der Waals surface area contributed by atoms with Gasteiger partial charge in [-0.15, -0.1) is 0 Å². The van der Waals surface area contributed by atoms with Gasteiger partial charge >= 0.3 is 0 Å². The molecule has 0 spiro atoms. The summed E-state index contributed by atoms with van der Waals surface area (Å²) < 4.78 is 12.4. The second-order valence-corrected chi connectivity index (χ2v) is 3.66. The van der Waals surface area contributed by atoms with Crippen molar-refractivity contribution in [2.75, 3.05) is 6.67 Å². The topological polar surface area (TPSA) is 20.2 Å². The van der Waals surface area contributed by atoms with E-state index in [0.29, 0.717) is 5.75 Å². The molecule has 0 heterocycles. The van der Waals surface area contributed by atoms with Crippen LogP contribution in [0.3, 0.4) is 0 Å². The number of rotatable bonds is 2. The van der Waals surface area contributed by atoms with Gasteiger partial charge in [-0.25, -0.2) is 0 Å². The number of phenolic OH excluding ortho intramolecular Hbond substituents is 1. The monoisotopic (exact) mass is 180 g/mol. The molecule has 0 saturated heterocycles. The summed E-state index contributed by atoms with van der Waals surface area (Å²) in [5.41, 5.74) is 0.913. The molecule has 1 fully saturated rings. The molecule has 1 aromatic rings. The summed E-state index contributed by atoms with van der Waals surface area (Å²) >= 11 is 0. The molecule has 2 unspecified atom stereocenters. The van der Waals surface area contributed by atoms with Crippen LogP contribution in [0.25, 0.3) is 0 Å². The minimum absolute atomic E-state index is 0.133. The highest BCUT2D eigenvalue weighted by Gasteiger charge is 2.33. The van der Waals surface area contributed by atoms with Crippen LogP contribution in [0, 0.1) is 5.92 Å². The number of alkyl halides is 1. The molecule has 1 saturated carbocycles. The molecule has 2 heteroatoms. The first-order chi connectivity index (χ1) is 6.33. The molecule has 0 aliphatic heterocycles. The quantitative estimate of drug-likeness (QED) is 0.742. The van der Waals surface area contributed by atoms with E-state index in [-0.39, 0.29) is 18.5 Å². The van der Waals surface area contributed by atoms with Crippen molar-refractivity contribution in [2.24, 2.45) is 5.92 Å². The van der Waals surface area contributed by atoms with Gasteiger partial charge in [-0.3, -0.25) is 4.39 Å². The molecule has 0 bridgehead atoms. The summed E-state index contributed by atoms with van der Waals surface area (Å²) in [6, 6.07) is 7.25. The Morgan fingerprint density at radius 2 is 2.08 bits per heavy atom. The highest BCUT2D eigenvalue weighted by Crippen LogP contribution is 2.45. The van der Waals surface area contributed by atoms with Crippen molar-refractivity contribution < 1.29 is 9.50 Å². The van der Waals surface area contributed by atoms with E-state index in [1.807, 2.05) is 12.1 Å². The van der Waals surface area contributed by atoms with Crippen LogP contribution in [0.2, 0.25) is 0 Å². The number of para-hydroxylation sites is 1. The zero-order valence-electron chi connectivity index (χ0n) is 7.41. The van der Waals surface area contributed by atoms with Crippen molar-refractivity contribution in [3.05, 3.63) is 29.8 Å². The average molecular weight is 180 g/mol. The Hall–Kier alpha value is -1.05. The maximum atomic E-state index is 12.4. The van der Waals surface area contributed by atoms with E-state index in [2.05, 4.69) is 0 Å². The predicted octanol–water partition coefficient (Wildman–Crippen LogP) is 2.86. The number of hydrogen-bond donors (Lipinski definition) is 1. The van der Waals surface area contributed by atoms with Crippen LogP contribution >= 0.6 is 0 Å². The fraction of sp³-hybridized carbons (Fsp3) is 0.455. The summed E-state index contributed by atoms with van der Waals surface area (Å²) in [7, 11) is 0. The summed E-state index contributed by atoms with van der Waals surface area (Å²) in [5.74, 6) is 0.685. The minimum Gasteiger partial charge on any atom is -0.508 e. The summed E-state index contributed by atoms with van der Waals surface area (Å²) in [5, 5.41) is 9.54. The van der Waals surface area contributed by atoms with Gasteiger partial charge in [-0.1, -0.05) is 18.2 Å². The third-order valence-electron chi connectivity index (χ3n) is 2.95. The Bertz CT molecular complexity index is 296. The van der Waals surface area contributed by atoms with Crippen LogP contribution in [0.5, 0.6) is 5.75 Å². The third kappa shape index (κ3) is 1.41. The van der Waals surface area contributed by atoms with Crippen LogP contribution in [-0.4, -0.2) is 11.8 Å². The highest BCUT2D eigenvalue weighted by molar-refractivity contribution is 5.36. The maximum absolute atomic E-state index is 12.4. The Kier molecular flexibility index (Phi) is 2.21. The molecule has 0 amide bonds. The van der Waals surface area contributed by atoms with Crippen molar-refractivity contribution in [1.29, 1.82) is 0 Å². The summed E-state index contributed by atoms with van der Waals surface area (Å²) in [6.45, 7) is -0.265. The van der Waals surface area contributed by atoms with E-state index in [1.54, 1.807) is 12.1 Å². The fourth-order valence-corrected chi connectivity index (χ4v) is 1.96. The molecule has 1 nitrogen and oxygen atoms in total. The van der Waals surface area contributed by atoms with Crippen molar-refractivity contribution in [1.82, 2.24) is 0 Å². The second kappa shape index (κ2) is 3.36. The number of halogens is 1. The van der Waals surface area contributed by atoms with Crippen LogP contribution in [0.4, 0.5) is 4.39 Å². The van der Waals surface area contributed by atoms with Crippen molar-refractivity contribution >= 4 is 0 Å². The lowest BCUT2D eigenvalue weighted by Gasteiger charge is -2.35. The van der Waals surface area contributed by atoms with Gasteiger partial charge in [0.1, 0.15) is 5.75 Å². The normalized spacial score (nSPS) is 26.8. The fourth-order valence-electron chi connectivity index (χ4n) is 1.96. The molecule has 2 atom stereocenters. The van der Waals surface area contributed by atoms with Gasteiger partial charge in [0.25, 0.3) is 0 Å². The average Bonchev–Trinajstić information content (AvgIpc) is 2.08. The molecule has 13 heavy (non-hydrogen) atoms. The van der Waals surface area contributed by atoms with Crippen LogP contribution in [0.15, 0.2) is 24.3 Å². The first-order valence-corrected chi connectivity index (χ1v) is 4.66. The van der Waals surface area contributed by atoms with Gasteiger partial charge in [-0.05, 0) is 36.3 Å². The number of phenols is 1. The zero-order chi connectivity index (χ0) is 9.26. The molecule has 1 aliphatic rings. The van der Waals surface area contributed by atoms with E-state index >= 15 is 0 Å². The molecule has 0 aromatic heterocycles. The maximum Gasteiger partial charge on any atom is 0.119 e. The molecular formula is C11H13FO. The SMILES string of the molecule is Oc1ccccc1C1CCC1CF. The lowest BCUT2D eigenvalue weighted by molar-refractivity contribution is 0.196. The van der Waals surface area contributed by atoms with Gasteiger partial charge < -0.3 is 5.11 Å². The number of hydrogen-bond acceptors (Lipinski definition) is 1. The molecule has 1 aromatic carbocycles. The van der Waals surface area contributed by atoms with Crippen LogP contribution < -0.4 is 0 Å². The first-order valence-electron chi connectivity index (χ1n) is 4.66. The predicted molar refractivity (Wildman–Crippen MR) is 49.5 cm³/mol. The highest BCUT2D eigenvalue weighted by atomic mass is 19.1. The van der Waals surface area contributed by atoms with E-state index in [0.717, 1.165) is 18.4 Å². The van der Waals surface area contributed by atoms with Gasteiger partial charge in [0.15, 0.2) is 0 Å². The summed E-state index contributed by atoms with van der Waals surface area (Å²) in [4.78, 5) is 0. The molecule has 1 N–H and O–H groups in total. The zero-order valence-corrected chi connectivity index (χ0v) is 7.41. The van der Waals surface area contributed by atoms with E-state index < -0.39 is 0 Å². The van der Waals surface area contributed by atoms with E-state index in [9.17, 15) is 9.50 Å². The van der Waals surface area contributed by atoms with Gasteiger partial charge in [0.05, 0.1) is 6.67 Å². The van der Waals surface area contributed by atoms with E-state index in [1.165, 1.54) is 0 Å². The number of benzene rings is 1. The Morgan fingerprint density at radius 3 is 2.62 bits per heavy atom. The van der Waals surface area contributed by atoms with Crippen LogP contribution in [-0.2, 0) is 0 Å². The van der Waals surface area contributed by atoms with Crippen molar-refractivity contribution in [2.45, 2.75) is 18.8 Å². The largest absolute Gasteiger partial charge is 0.508 e. The van der Waals surface area contributed by atoms with Crippen LogP contribution in [0.1, 0.15) is 24.3 Å². The van der Waals surface area contributed by atoms with Gasteiger partial charge in [-0.2, -0.15) is 0 Å². The second-order valence-electron chi connectivity index (χ2n) is 3.66. The van der Waals surface area contributed by atoms with Gasteiger partial charge in [0.2, 0.25) is 0 Å². The first kappa shape index (κ1) is 8.54. The minimum atomic E-state index is -0.265. The van der Waals surface area contributed by atoms with E-state index in [4.69, 9.17) is 0 Å². The molecule has 1 aliphatic carbocycles. The Morgan fingerprint density at radius 1 is 1.31 bits per heavy atom. The third-order valence-corrected chi connectivity index (χ3v) is 2.95. The molecule has 0 radical (unpaired) electrons. The Labute approximate surface area is 77.2 Å². The summed E-state index contributed by atoms with van der Waals surface area (Å²) in [6.07, 6.45) is 1.96.